The number of Topliss-reactive ketones (excluding diaryl/α,β-unsaturated/α-hetero) is 1. The molecule has 0 spiro atoms. The van der Waals surface area contributed by atoms with Crippen LogP contribution in [0.3, 0.4) is 0 Å². The lowest BCUT2D eigenvalue weighted by molar-refractivity contribution is -0.141. The number of methoxy groups -OCH3 is 1. The highest BCUT2D eigenvalue weighted by molar-refractivity contribution is 7.89. The second kappa shape index (κ2) is 8.93. The normalized spacial score (nSPS) is 10.7. The van der Waals surface area contributed by atoms with E-state index in [4.69, 9.17) is 14.7 Å². The first-order valence-corrected chi connectivity index (χ1v) is 9.18. The lowest BCUT2D eigenvalue weighted by Crippen LogP contribution is -2.32. The van der Waals surface area contributed by atoms with E-state index in [1.807, 2.05) is 4.72 Å². The van der Waals surface area contributed by atoms with E-state index in [9.17, 15) is 18.0 Å². The summed E-state index contributed by atoms with van der Waals surface area (Å²) in [6, 6.07) is 13.8. The van der Waals surface area contributed by atoms with Gasteiger partial charge in [0.2, 0.25) is 15.8 Å². The summed E-state index contributed by atoms with van der Waals surface area (Å²) in [5, 5.41) is 8.97. The van der Waals surface area contributed by atoms with E-state index >= 15 is 0 Å². The molecule has 0 unspecified atom stereocenters. The Hall–Kier alpha value is -3.22. The SMILES string of the molecule is COc1ccccc1C(=O)COC(=O)CNS(=O)(=O)c1ccccc1C#N. The number of carbonyl (C=O) groups is 2. The van der Waals surface area contributed by atoms with Gasteiger partial charge in [0.05, 0.1) is 23.1 Å². The molecule has 0 aliphatic rings. The average molecular weight is 388 g/mol. The Balaban J connectivity index is 1.94. The van der Waals surface area contributed by atoms with E-state index < -0.39 is 34.9 Å². The molecular weight excluding hydrogens is 372 g/mol. The summed E-state index contributed by atoms with van der Waals surface area (Å²) >= 11 is 0. The molecule has 0 atom stereocenters. The fourth-order valence-corrected chi connectivity index (χ4v) is 3.30. The maximum absolute atomic E-state index is 12.2. The first-order valence-electron chi connectivity index (χ1n) is 7.69. The number of sulfonamides is 1. The van der Waals surface area contributed by atoms with E-state index in [1.54, 1.807) is 24.3 Å². The third-order valence-corrected chi connectivity index (χ3v) is 4.93. The van der Waals surface area contributed by atoms with Gasteiger partial charge < -0.3 is 9.47 Å². The number of nitriles is 1. The maximum atomic E-state index is 12.2. The van der Waals surface area contributed by atoms with Crippen LogP contribution < -0.4 is 9.46 Å². The lowest BCUT2D eigenvalue weighted by Gasteiger charge is -2.09. The Kier molecular flexibility index (Phi) is 6.65. The third-order valence-electron chi connectivity index (χ3n) is 3.48. The summed E-state index contributed by atoms with van der Waals surface area (Å²) in [6.45, 7) is -1.24. The predicted octanol–water partition coefficient (Wildman–Crippen LogP) is 1.27. The summed E-state index contributed by atoms with van der Waals surface area (Å²) in [4.78, 5) is 23.6. The quantitative estimate of drug-likeness (QED) is 0.534. The molecule has 2 aromatic rings. The fourth-order valence-electron chi connectivity index (χ4n) is 2.17. The molecule has 0 saturated carbocycles. The molecule has 0 amide bonds. The summed E-state index contributed by atoms with van der Waals surface area (Å²) in [5.41, 5.74) is 0.195. The molecule has 0 saturated heterocycles. The van der Waals surface area contributed by atoms with Gasteiger partial charge in [-0.2, -0.15) is 9.98 Å². The molecule has 140 valence electrons. The number of carbonyl (C=O) groups excluding carboxylic acids is 2. The van der Waals surface area contributed by atoms with E-state index in [0.717, 1.165) is 0 Å². The van der Waals surface area contributed by atoms with Crippen LogP contribution in [0.1, 0.15) is 15.9 Å². The van der Waals surface area contributed by atoms with Crippen molar-refractivity contribution >= 4 is 21.8 Å². The zero-order valence-corrected chi connectivity index (χ0v) is 15.2. The second-order valence-corrected chi connectivity index (χ2v) is 6.95. The minimum atomic E-state index is -4.08. The first-order chi connectivity index (χ1) is 12.9. The molecule has 9 heteroatoms. The number of esters is 1. The summed E-state index contributed by atoms with van der Waals surface area (Å²) in [7, 11) is -2.67. The molecule has 2 rings (SSSR count). The van der Waals surface area contributed by atoms with Crippen molar-refractivity contribution < 1.29 is 27.5 Å². The van der Waals surface area contributed by atoms with Crippen LogP contribution in [0.25, 0.3) is 0 Å². The van der Waals surface area contributed by atoms with Gasteiger partial charge >= 0.3 is 5.97 Å². The van der Waals surface area contributed by atoms with Gasteiger partial charge in [0.1, 0.15) is 18.4 Å². The molecular formula is C18H16N2O6S. The van der Waals surface area contributed by atoms with E-state index in [0.29, 0.717) is 5.75 Å². The largest absolute Gasteiger partial charge is 0.496 e. The Bertz CT molecular complexity index is 995. The van der Waals surface area contributed by atoms with Crippen LogP contribution in [-0.4, -0.2) is 40.4 Å². The molecule has 0 radical (unpaired) electrons. The molecule has 8 nitrogen and oxygen atoms in total. The standard InChI is InChI=1S/C18H16N2O6S/c1-25-16-8-4-3-7-14(16)15(21)12-26-18(22)11-20-27(23,24)17-9-5-2-6-13(17)10-19/h2-9,20H,11-12H2,1H3. The number of hydrogen-bond acceptors (Lipinski definition) is 7. The van der Waals surface area contributed by atoms with Crippen LogP contribution in [0.2, 0.25) is 0 Å². The number of rotatable bonds is 8. The van der Waals surface area contributed by atoms with Crippen molar-refractivity contribution in [2.75, 3.05) is 20.3 Å². The minimum absolute atomic E-state index is 0.0512. The van der Waals surface area contributed by atoms with Gasteiger partial charge in [-0.05, 0) is 24.3 Å². The number of ether oxygens (including phenoxy) is 2. The Morgan fingerprint density at radius 2 is 1.78 bits per heavy atom. The second-order valence-electron chi connectivity index (χ2n) is 5.22. The topological polar surface area (TPSA) is 123 Å². The first kappa shape index (κ1) is 20.1. The number of hydrogen-bond donors (Lipinski definition) is 1. The van der Waals surface area contributed by atoms with Crippen molar-refractivity contribution in [3.05, 3.63) is 59.7 Å². The predicted molar refractivity (Wildman–Crippen MR) is 94.6 cm³/mol. The maximum Gasteiger partial charge on any atom is 0.321 e. The van der Waals surface area contributed by atoms with Gasteiger partial charge in [-0.3, -0.25) is 9.59 Å². The van der Waals surface area contributed by atoms with Crippen molar-refractivity contribution in [3.63, 3.8) is 0 Å². The number of nitrogens with one attached hydrogen (secondary N) is 1. The Morgan fingerprint density at radius 1 is 1.11 bits per heavy atom. The molecule has 1 N–H and O–H groups in total. The highest BCUT2D eigenvalue weighted by atomic mass is 32.2. The van der Waals surface area contributed by atoms with Crippen LogP contribution >= 0.6 is 0 Å². The van der Waals surface area contributed by atoms with Crippen LogP contribution in [0.4, 0.5) is 0 Å². The molecule has 2 aromatic carbocycles. The van der Waals surface area contributed by atoms with Crippen molar-refractivity contribution in [2.24, 2.45) is 0 Å². The van der Waals surface area contributed by atoms with Crippen LogP contribution in [0, 0.1) is 11.3 Å². The van der Waals surface area contributed by atoms with Crippen molar-refractivity contribution in [2.45, 2.75) is 4.90 Å². The molecule has 0 aromatic heterocycles. The van der Waals surface area contributed by atoms with Gasteiger partial charge in [-0.1, -0.05) is 24.3 Å². The summed E-state index contributed by atoms with van der Waals surface area (Å²) < 4.78 is 36.3. The summed E-state index contributed by atoms with van der Waals surface area (Å²) in [5.74, 6) is -1.08. The molecule has 27 heavy (non-hydrogen) atoms. The molecule has 0 bridgehead atoms. The average Bonchev–Trinajstić information content (AvgIpc) is 2.70. The Morgan fingerprint density at radius 3 is 2.48 bits per heavy atom. The van der Waals surface area contributed by atoms with Gasteiger partial charge in [0, 0.05) is 0 Å². The highest BCUT2D eigenvalue weighted by Gasteiger charge is 2.20. The monoisotopic (exact) mass is 388 g/mol. The van der Waals surface area contributed by atoms with Gasteiger partial charge in [0.25, 0.3) is 0 Å². The lowest BCUT2D eigenvalue weighted by atomic mass is 10.1. The van der Waals surface area contributed by atoms with E-state index in [1.165, 1.54) is 37.4 Å². The van der Waals surface area contributed by atoms with Crippen molar-refractivity contribution in [3.8, 4) is 11.8 Å². The zero-order valence-electron chi connectivity index (χ0n) is 14.3. The number of para-hydroxylation sites is 1. The minimum Gasteiger partial charge on any atom is -0.496 e. The highest BCUT2D eigenvalue weighted by Crippen LogP contribution is 2.18. The summed E-state index contributed by atoms with van der Waals surface area (Å²) in [6.07, 6.45) is 0. The van der Waals surface area contributed by atoms with Crippen LogP contribution in [0.5, 0.6) is 5.75 Å². The third kappa shape index (κ3) is 5.13. The Labute approximate surface area is 156 Å². The molecule has 0 aliphatic heterocycles. The zero-order chi connectivity index (χ0) is 19.9. The van der Waals surface area contributed by atoms with Gasteiger partial charge in [-0.15, -0.1) is 0 Å². The fraction of sp³-hybridized carbons (Fsp3) is 0.167. The van der Waals surface area contributed by atoms with Crippen LogP contribution in [0.15, 0.2) is 53.4 Å². The number of nitrogens with zero attached hydrogens (tertiary/aromatic N) is 1. The molecule has 0 aliphatic carbocycles. The van der Waals surface area contributed by atoms with Gasteiger partial charge in [0.15, 0.2) is 6.61 Å². The van der Waals surface area contributed by atoms with Crippen LogP contribution in [-0.2, 0) is 19.6 Å². The number of benzene rings is 2. The molecule has 0 heterocycles. The van der Waals surface area contributed by atoms with Gasteiger partial charge in [-0.25, -0.2) is 8.42 Å². The van der Waals surface area contributed by atoms with Crippen molar-refractivity contribution in [1.29, 1.82) is 5.26 Å². The van der Waals surface area contributed by atoms with Crippen molar-refractivity contribution in [1.82, 2.24) is 4.72 Å². The number of ketones is 1. The smallest absolute Gasteiger partial charge is 0.321 e. The van der Waals surface area contributed by atoms with E-state index in [2.05, 4.69) is 0 Å². The molecule has 0 fully saturated rings. The van der Waals surface area contributed by atoms with E-state index in [-0.39, 0.29) is 16.0 Å².